The normalized spacial score (nSPS) is 13.4. The van der Waals surface area contributed by atoms with Crippen LogP contribution in [0.1, 0.15) is 29.9 Å². The van der Waals surface area contributed by atoms with Gasteiger partial charge in [0, 0.05) is 24.5 Å². The molecule has 0 saturated heterocycles. The Morgan fingerprint density at radius 3 is 2.62 bits per heavy atom. The van der Waals surface area contributed by atoms with Crippen LogP contribution in [0.15, 0.2) is 30.6 Å². The average Bonchev–Trinajstić information content (AvgIpc) is 2.88. The number of halogens is 4. The number of hydrogen-bond acceptors (Lipinski definition) is 2. The van der Waals surface area contributed by atoms with E-state index in [0.717, 1.165) is 18.2 Å². The molecule has 1 atom stereocenters. The number of hydrogen-bond donors (Lipinski definition) is 1. The molecule has 0 aliphatic heterocycles. The summed E-state index contributed by atoms with van der Waals surface area (Å²) in [5.74, 6) is -0.230. The zero-order chi connectivity index (χ0) is 15.6. The van der Waals surface area contributed by atoms with Crippen LogP contribution in [0, 0.1) is 5.82 Å². The van der Waals surface area contributed by atoms with Crippen LogP contribution in [0.4, 0.5) is 17.6 Å². The molecule has 0 aliphatic rings. The summed E-state index contributed by atoms with van der Waals surface area (Å²) in [6, 6.07) is 1.65. The third-order valence-corrected chi connectivity index (χ3v) is 3.27. The summed E-state index contributed by atoms with van der Waals surface area (Å²) in [6.45, 7) is 2.47. The second-order valence-corrected chi connectivity index (χ2v) is 4.53. The van der Waals surface area contributed by atoms with Gasteiger partial charge in [-0.05, 0) is 32.2 Å². The topological polar surface area (TPSA) is 29.9 Å². The van der Waals surface area contributed by atoms with E-state index in [4.69, 9.17) is 0 Å². The molecular formula is C14H15F4N3. The number of nitrogens with one attached hydrogen (secondary N) is 1. The Balaban J connectivity index is 2.52. The fraction of sp³-hybridized carbons (Fsp3) is 0.357. The van der Waals surface area contributed by atoms with E-state index in [1.165, 1.54) is 6.20 Å². The molecule has 0 fully saturated rings. The quantitative estimate of drug-likeness (QED) is 0.878. The number of imidazole rings is 1. The van der Waals surface area contributed by atoms with Crippen LogP contribution in [0.25, 0.3) is 0 Å². The van der Waals surface area contributed by atoms with Crippen molar-refractivity contribution in [3.8, 4) is 0 Å². The van der Waals surface area contributed by atoms with E-state index >= 15 is 0 Å². The van der Waals surface area contributed by atoms with Crippen LogP contribution in [0.5, 0.6) is 0 Å². The maximum absolute atomic E-state index is 14.0. The van der Waals surface area contributed by atoms with Crippen molar-refractivity contribution in [1.29, 1.82) is 0 Å². The molecule has 0 spiro atoms. The van der Waals surface area contributed by atoms with Crippen LogP contribution < -0.4 is 5.32 Å². The highest BCUT2D eigenvalue weighted by Crippen LogP contribution is 2.33. The van der Waals surface area contributed by atoms with Crippen molar-refractivity contribution in [3.63, 3.8) is 0 Å². The predicted octanol–water partition coefficient (Wildman–Crippen LogP) is 3.37. The van der Waals surface area contributed by atoms with E-state index in [1.54, 1.807) is 17.8 Å². The fourth-order valence-electron chi connectivity index (χ4n) is 2.21. The molecule has 1 aromatic carbocycles. The van der Waals surface area contributed by atoms with Gasteiger partial charge in [-0.15, -0.1) is 0 Å². The Kier molecular flexibility index (Phi) is 4.32. The third kappa shape index (κ3) is 3.07. The first-order chi connectivity index (χ1) is 9.88. The lowest BCUT2D eigenvalue weighted by atomic mass is 10.0. The first kappa shape index (κ1) is 15.5. The number of aryl methyl sites for hydroxylation is 1. The largest absolute Gasteiger partial charge is 0.416 e. The Labute approximate surface area is 119 Å². The van der Waals surface area contributed by atoms with Gasteiger partial charge in [-0.1, -0.05) is 0 Å². The van der Waals surface area contributed by atoms with Crippen molar-refractivity contribution in [2.45, 2.75) is 25.7 Å². The van der Waals surface area contributed by atoms with E-state index in [1.807, 2.05) is 6.92 Å². The number of aromatic nitrogens is 2. The monoisotopic (exact) mass is 301 g/mol. The van der Waals surface area contributed by atoms with Crippen molar-refractivity contribution in [3.05, 3.63) is 53.4 Å². The highest BCUT2D eigenvalue weighted by Gasteiger charge is 2.32. The van der Waals surface area contributed by atoms with Gasteiger partial charge >= 0.3 is 6.18 Å². The Hall–Kier alpha value is -1.89. The van der Waals surface area contributed by atoms with Gasteiger partial charge in [0.25, 0.3) is 0 Å². The number of rotatable bonds is 4. The van der Waals surface area contributed by atoms with Gasteiger partial charge in [-0.25, -0.2) is 9.37 Å². The average molecular weight is 301 g/mol. The minimum atomic E-state index is -4.51. The van der Waals surface area contributed by atoms with E-state index in [9.17, 15) is 17.6 Å². The second-order valence-electron chi connectivity index (χ2n) is 4.53. The lowest BCUT2D eigenvalue weighted by Gasteiger charge is -2.19. The molecule has 0 radical (unpaired) electrons. The maximum Gasteiger partial charge on any atom is 0.416 e. The molecule has 0 amide bonds. The van der Waals surface area contributed by atoms with Crippen molar-refractivity contribution >= 4 is 0 Å². The summed E-state index contributed by atoms with van der Waals surface area (Å²) >= 11 is 0. The van der Waals surface area contributed by atoms with Gasteiger partial charge in [-0.3, -0.25) is 0 Å². The summed E-state index contributed by atoms with van der Waals surface area (Å²) in [4.78, 5) is 4.12. The summed E-state index contributed by atoms with van der Waals surface area (Å²) in [7, 11) is 1.55. The van der Waals surface area contributed by atoms with E-state index < -0.39 is 23.6 Å². The first-order valence-electron chi connectivity index (χ1n) is 6.43. The van der Waals surface area contributed by atoms with E-state index in [2.05, 4.69) is 10.3 Å². The summed E-state index contributed by atoms with van der Waals surface area (Å²) in [6.07, 6.45) is -1.28. The summed E-state index contributed by atoms with van der Waals surface area (Å²) < 4.78 is 54.1. The molecule has 0 aliphatic carbocycles. The standard InChI is InChI=1S/C14H15F4N3/c1-3-21-7-6-20-13(21)12(19-2)10-8-9(14(16,17)18)4-5-11(10)15/h4-8,12,19H,3H2,1-2H3. The molecule has 1 heterocycles. The first-order valence-corrected chi connectivity index (χ1v) is 6.43. The van der Waals surface area contributed by atoms with Gasteiger partial charge in [0.2, 0.25) is 0 Å². The van der Waals surface area contributed by atoms with Crippen molar-refractivity contribution in [2.24, 2.45) is 0 Å². The molecule has 1 aromatic heterocycles. The summed E-state index contributed by atoms with van der Waals surface area (Å²) in [5.41, 5.74) is -0.957. The number of benzene rings is 1. The van der Waals surface area contributed by atoms with Crippen molar-refractivity contribution in [2.75, 3.05) is 7.05 Å². The molecule has 21 heavy (non-hydrogen) atoms. The van der Waals surface area contributed by atoms with Crippen molar-refractivity contribution < 1.29 is 17.6 Å². The van der Waals surface area contributed by atoms with E-state index in [0.29, 0.717) is 12.4 Å². The van der Waals surface area contributed by atoms with Crippen LogP contribution in [-0.4, -0.2) is 16.6 Å². The van der Waals surface area contributed by atoms with E-state index in [-0.39, 0.29) is 5.56 Å². The second kappa shape index (κ2) is 5.85. The molecule has 2 aromatic rings. The minimum Gasteiger partial charge on any atom is -0.334 e. The highest BCUT2D eigenvalue weighted by atomic mass is 19.4. The molecule has 1 N–H and O–H groups in total. The number of alkyl halides is 3. The van der Waals surface area contributed by atoms with Gasteiger partial charge < -0.3 is 9.88 Å². The smallest absolute Gasteiger partial charge is 0.334 e. The minimum absolute atomic E-state index is 0.0757. The molecule has 0 saturated carbocycles. The Bertz CT molecular complexity index is 619. The fourth-order valence-corrected chi connectivity index (χ4v) is 2.21. The molecule has 114 valence electrons. The van der Waals surface area contributed by atoms with Crippen LogP contribution in [0.3, 0.4) is 0 Å². The molecule has 7 heteroatoms. The molecule has 2 rings (SSSR count). The van der Waals surface area contributed by atoms with Gasteiger partial charge in [-0.2, -0.15) is 13.2 Å². The SMILES string of the molecule is CCn1ccnc1C(NC)c1cc(C(F)(F)F)ccc1F. The highest BCUT2D eigenvalue weighted by molar-refractivity contribution is 5.32. The maximum atomic E-state index is 14.0. The van der Waals surface area contributed by atoms with Crippen LogP contribution >= 0.6 is 0 Å². The number of nitrogens with zero attached hydrogens (tertiary/aromatic N) is 2. The lowest BCUT2D eigenvalue weighted by molar-refractivity contribution is -0.137. The third-order valence-electron chi connectivity index (χ3n) is 3.27. The zero-order valence-corrected chi connectivity index (χ0v) is 11.6. The van der Waals surface area contributed by atoms with Gasteiger partial charge in [0.1, 0.15) is 11.6 Å². The molecule has 3 nitrogen and oxygen atoms in total. The van der Waals surface area contributed by atoms with Gasteiger partial charge in [0.05, 0.1) is 11.6 Å². The van der Waals surface area contributed by atoms with Crippen LogP contribution in [-0.2, 0) is 12.7 Å². The summed E-state index contributed by atoms with van der Waals surface area (Å²) in [5, 5.41) is 2.82. The predicted molar refractivity (Wildman–Crippen MR) is 70.2 cm³/mol. The van der Waals surface area contributed by atoms with Gasteiger partial charge in [0.15, 0.2) is 0 Å². The molecule has 1 unspecified atom stereocenters. The molecular weight excluding hydrogens is 286 g/mol. The zero-order valence-electron chi connectivity index (χ0n) is 11.6. The van der Waals surface area contributed by atoms with Crippen molar-refractivity contribution in [1.82, 2.24) is 14.9 Å². The Morgan fingerprint density at radius 1 is 1.33 bits per heavy atom. The lowest BCUT2D eigenvalue weighted by Crippen LogP contribution is -2.23. The Morgan fingerprint density at radius 2 is 2.05 bits per heavy atom. The molecule has 0 bridgehead atoms. The van der Waals surface area contributed by atoms with Crippen LogP contribution in [0.2, 0.25) is 0 Å².